The van der Waals surface area contributed by atoms with E-state index >= 15 is 0 Å². The summed E-state index contributed by atoms with van der Waals surface area (Å²) in [7, 11) is 0. The fourth-order valence-electron chi connectivity index (χ4n) is 2.43. The molecule has 2 atom stereocenters. The van der Waals surface area contributed by atoms with Crippen molar-refractivity contribution in [3.63, 3.8) is 0 Å². The molecular formula is C9H12N2O4. The highest BCUT2D eigenvalue weighted by atomic mass is 16.4. The molecule has 3 N–H and O–H groups in total. The van der Waals surface area contributed by atoms with Crippen molar-refractivity contribution in [3.8, 4) is 0 Å². The van der Waals surface area contributed by atoms with Gasteiger partial charge in [0.05, 0.1) is 5.92 Å². The number of rotatable bonds is 1. The number of nitrogens with one attached hydrogen (secondary N) is 2. The highest BCUT2D eigenvalue weighted by molar-refractivity contribution is 6.09. The van der Waals surface area contributed by atoms with E-state index in [1.54, 1.807) is 0 Å². The molecule has 0 radical (unpaired) electrons. The van der Waals surface area contributed by atoms with Gasteiger partial charge in [0.2, 0.25) is 0 Å². The molecule has 0 aromatic heterocycles. The third-order valence-corrected chi connectivity index (χ3v) is 3.18. The van der Waals surface area contributed by atoms with E-state index in [-0.39, 0.29) is 0 Å². The number of aliphatic carboxylic acids is 1. The number of carbonyl (C=O) groups excluding carboxylic acids is 2. The standard InChI is InChI=1S/C9H12N2O4/c12-6(13)5-3-1-2-4-9(5)7(14)10-8(15)11-9/h5H,1-4H2,(H,12,13)(H2,10,11,14,15). The van der Waals surface area contributed by atoms with Gasteiger partial charge in [0.1, 0.15) is 5.54 Å². The van der Waals surface area contributed by atoms with Gasteiger partial charge < -0.3 is 10.4 Å². The predicted molar refractivity (Wildman–Crippen MR) is 49.0 cm³/mol. The van der Waals surface area contributed by atoms with Crippen molar-refractivity contribution < 1.29 is 19.5 Å². The summed E-state index contributed by atoms with van der Waals surface area (Å²) in [6.07, 6.45) is 2.38. The van der Waals surface area contributed by atoms with Crippen molar-refractivity contribution in [2.45, 2.75) is 31.2 Å². The van der Waals surface area contributed by atoms with Crippen molar-refractivity contribution >= 4 is 17.9 Å². The van der Waals surface area contributed by atoms with Crippen molar-refractivity contribution in [3.05, 3.63) is 0 Å². The molecule has 2 rings (SSSR count). The van der Waals surface area contributed by atoms with Crippen molar-refractivity contribution in [2.24, 2.45) is 5.92 Å². The second kappa shape index (κ2) is 3.22. The van der Waals surface area contributed by atoms with Crippen LogP contribution in [0.25, 0.3) is 0 Å². The van der Waals surface area contributed by atoms with Crippen LogP contribution in [0.5, 0.6) is 0 Å². The van der Waals surface area contributed by atoms with E-state index in [0.29, 0.717) is 12.8 Å². The molecule has 6 heteroatoms. The zero-order valence-electron chi connectivity index (χ0n) is 8.08. The van der Waals surface area contributed by atoms with Gasteiger partial charge >= 0.3 is 12.0 Å². The lowest BCUT2D eigenvalue weighted by Gasteiger charge is -2.35. The first-order valence-corrected chi connectivity index (χ1v) is 4.93. The molecule has 0 aromatic carbocycles. The number of hydrogen-bond acceptors (Lipinski definition) is 3. The molecule has 6 nitrogen and oxygen atoms in total. The average molecular weight is 212 g/mol. The molecule has 2 unspecified atom stereocenters. The Bertz CT molecular complexity index is 341. The van der Waals surface area contributed by atoms with Crippen LogP contribution in [0.1, 0.15) is 25.7 Å². The Morgan fingerprint density at radius 2 is 2.13 bits per heavy atom. The quantitative estimate of drug-likeness (QED) is 0.526. The smallest absolute Gasteiger partial charge is 0.322 e. The molecule has 1 spiro atoms. The summed E-state index contributed by atoms with van der Waals surface area (Å²) in [5, 5.41) is 13.6. The minimum atomic E-state index is -1.21. The topological polar surface area (TPSA) is 95.5 Å². The first-order chi connectivity index (χ1) is 7.06. The minimum absolute atomic E-state index is 0.404. The van der Waals surface area contributed by atoms with Crippen LogP contribution in [0.4, 0.5) is 4.79 Å². The summed E-state index contributed by atoms with van der Waals surface area (Å²) < 4.78 is 0. The molecule has 0 bridgehead atoms. The molecule has 1 saturated heterocycles. The van der Waals surface area contributed by atoms with Gasteiger partial charge in [0.25, 0.3) is 5.91 Å². The van der Waals surface area contributed by atoms with Gasteiger partial charge in [-0.05, 0) is 12.8 Å². The maximum atomic E-state index is 11.6. The average Bonchev–Trinajstić information content (AvgIpc) is 2.42. The molecule has 15 heavy (non-hydrogen) atoms. The SMILES string of the molecule is O=C1NC(=O)C2(CCCCC2C(=O)O)N1. The number of hydrogen-bond donors (Lipinski definition) is 3. The summed E-state index contributed by atoms with van der Waals surface area (Å²) in [6.45, 7) is 0. The highest BCUT2D eigenvalue weighted by Gasteiger charge is 2.55. The normalized spacial score (nSPS) is 35.1. The Labute approximate surface area is 86.0 Å². The first-order valence-electron chi connectivity index (χ1n) is 4.93. The molecule has 2 fully saturated rings. The van der Waals surface area contributed by atoms with E-state index in [0.717, 1.165) is 12.8 Å². The number of imide groups is 1. The van der Waals surface area contributed by atoms with Gasteiger partial charge in [-0.3, -0.25) is 14.9 Å². The minimum Gasteiger partial charge on any atom is -0.481 e. The summed E-state index contributed by atoms with van der Waals surface area (Å²) in [6, 6.07) is -0.590. The van der Waals surface area contributed by atoms with Gasteiger partial charge in [-0.25, -0.2) is 4.79 Å². The molecule has 1 aliphatic heterocycles. The summed E-state index contributed by atoms with van der Waals surface area (Å²) in [5.41, 5.74) is -1.21. The Balaban J connectivity index is 2.34. The Hall–Kier alpha value is -1.59. The summed E-state index contributed by atoms with van der Waals surface area (Å²) in [4.78, 5) is 33.7. The largest absolute Gasteiger partial charge is 0.481 e. The Morgan fingerprint density at radius 1 is 1.40 bits per heavy atom. The number of carboxylic acid groups (broad SMARTS) is 1. The number of carboxylic acids is 1. The van der Waals surface area contributed by atoms with Crippen LogP contribution in [0.15, 0.2) is 0 Å². The van der Waals surface area contributed by atoms with Gasteiger partial charge in [0, 0.05) is 0 Å². The van der Waals surface area contributed by atoms with Gasteiger partial charge in [-0.15, -0.1) is 0 Å². The van der Waals surface area contributed by atoms with Crippen LogP contribution in [0, 0.1) is 5.92 Å². The fourth-order valence-corrected chi connectivity index (χ4v) is 2.43. The van der Waals surface area contributed by atoms with E-state index in [9.17, 15) is 14.4 Å². The van der Waals surface area contributed by atoms with E-state index in [1.807, 2.05) is 0 Å². The fraction of sp³-hybridized carbons (Fsp3) is 0.667. The lowest BCUT2D eigenvalue weighted by Crippen LogP contribution is -2.57. The van der Waals surface area contributed by atoms with E-state index in [1.165, 1.54) is 0 Å². The van der Waals surface area contributed by atoms with Gasteiger partial charge in [-0.1, -0.05) is 12.8 Å². The monoisotopic (exact) mass is 212 g/mol. The Kier molecular flexibility index (Phi) is 2.13. The number of amides is 3. The molecule has 1 aliphatic carbocycles. The second-order valence-electron chi connectivity index (χ2n) is 4.02. The van der Waals surface area contributed by atoms with Gasteiger partial charge in [-0.2, -0.15) is 0 Å². The third-order valence-electron chi connectivity index (χ3n) is 3.18. The van der Waals surface area contributed by atoms with Crippen LogP contribution >= 0.6 is 0 Å². The maximum absolute atomic E-state index is 11.6. The Morgan fingerprint density at radius 3 is 2.67 bits per heavy atom. The molecule has 1 heterocycles. The van der Waals surface area contributed by atoms with E-state index < -0.39 is 29.4 Å². The maximum Gasteiger partial charge on any atom is 0.322 e. The number of carbonyl (C=O) groups is 3. The van der Waals surface area contributed by atoms with E-state index in [4.69, 9.17) is 5.11 Å². The molecular weight excluding hydrogens is 200 g/mol. The first kappa shape index (κ1) is 9.95. The summed E-state index contributed by atoms with van der Waals surface area (Å²) in [5.74, 6) is -2.33. The highest BCUT2D eigenvalue weighted by Crippen LogP contribution is 2.36. The predicted octanol–water partition coefficient (Wildman–Crippen LogP) is -0.161. The van der Waals surface area contributed by atoms with Crippen molar-refractivity contribution in [2.75, 3.05) is 0 Å². The van der Waals surface area contributed by atoms with Crippen LogP contribution < -0.4 is 10.6 Å². The van der Waals surface area contributed by atoms with Crippen LogP contribution in [0.3, 0.4) is 0 Å². The van der Waals surface area contributed by atoms with Crippen LogP contribution in [-0.2, 0) is 9.59 Å². The van der Waals surface area contributed by atoms with Gasteiger partial charge in [0.15, 0.2) is 0 Å². The molecule has 82 valence electrons. The van der Waals surface area contributed by atoms with Crippen molar-refractivity contribution in [1.82, 2.24) is 10.6 Å². The zero-order valence-corrected chi connectivity index (χ0v) is 8.08. The molecule has 1 saturated carbocycles. The lowest BCUT2D eigenvalue weighted by molar-refractivity contribution is -0.149. The molecule has 0 aromatic rings. The molecule has 3 amide bonds. The summed E-state index contributed by atoms with van der Waals surface area (Å²) >= 11 is 0. The molecule has 2 aliphatic rings. The number of urea groups is 1. The third kappa shape index (κ3) is 1.36. The second-order valence-corrected chi connectivity index (χ2v) is 4.02. The van der Waals surface area contributed by atoms with Crippen LogP contribution in [-0.4, -0.2) is 28.6 Å². The van der Waals surface area contributed by atoms with E-state index in [2.05, 4.69) is 10.6 Å². The van der Waals surface area contributed by atoms with Crippen molar-refractivity contribution in [1.29, 1.82) is 0 Å². The lowest BCUT2D eigenvalue weighted by atomic mass is 9.72. The van der Waals surface area contributed by atoms with Crippen LogP contribution in [0.2, 0.25) is 0 Å². The zero-order chi connectivity index (χ0) is 11.1.